The maximum atomic E-state index is 13.8. The zero-order valence-electron chi connectivity index (χ0n) is 11.0. The van der Waals surface area contributed by atoms with Crippen LogP contribution in [0.5, 0.6) is 5.75 Å². The highest BCUT2D eigenvalue weighted by atomic mass is 35.5. The Morgan fingerprint density at radius 3 is 2.86 bits per heavy atom. The van der Waals surface area contributed by atoms with E-state index in [1.807, 2.05) is 6.07 Å². The average molecular weight is 325 g/mol. The second-order valence-corrected chi connectivity index (χ2v) is 5.69. The average Bonchev–Trinajstić information content (AvgIpc) is 2.86. The van der Waals surface area contributed by atoms with E-state index in [2.05, 4.69) is 0 Å². The van der Waals surface area contributed by atoms with Gasteiger partial charge in [-0.25, -0.2) is 4.39 Å². The van der Waals surface area contributed by atoms with Gasteiger partial charge in [0.25, 0.3) is 0 Å². The summed E-state index contributed by atoms with van der Waals surface area (Å²) in [5, 5.41) is 0.654. The standard InChI is InChI=1S/C16H11Cl2FO2/c17-11-6-9-4-5-21-16(9)10(7-11)8-14(20)15-12(18)2-1-3-13(15)19/h1-3,6-7H,4-5,8H2. The summed E-state index contributed by atoms with van der Waals surface area (Å²) in [6, 6.07) is 7.69. The summed E-state index contributed by atoms with van der Waals surface area (Å²) in [4.78, 5) is 12.3. The third-order valence-corrected chi connectivity index (χ3v) is 3.95. The lowest BCUT2D eigenvalue weighted by Crippen LogP contribution is -2.08. The van der Waals surface area contributed by atoms with Gasteiger partial charge in [0.05, 0.1) is 17.2 Å². The minimum atomic E-state index is -0.618. The number of benzene rings is 2. The molecule has 2 aromatic carbocycles. The van der Waals surface area contributed by atoms with E-state index in [0.717, 1.165) is 12.0 Å². The maximum Gasteiger partial charge on any atom is 0.171 e. The molecule has 2 aromatic rings. The summed E-state index contributed by atoms with van der Waals surface area (Å²) in [5.74, 6) is -0.328. The highest BCUT2D eigenvalue weighted by Gasteiger charge is 2.22. The third-order valence-electron chi connectivity index (χ3n) is 3.42. The molecule has 1 aliphatic heterocycles. The van der Waals surface area contributed by atoms with Crippen LogP contribution in [0.25, 0.3) is 0 Å². The number of fused-ring (bicyclic) bond motifs is 1. The van der Waals surface area contributed by atoms with Gasteiger partial charge in [-0.05, 0) is 29.8 Å². The molecule has 0 aliphatic carbocycles. The van der Waals surface area contributed by atoms with E-state index in [9.17, 15) is 9.18 Å². The first kappa shape index (κ1) is 14.4. The first-order chi connectivity index (χ1) is 10.1. The van der Waals surface area contributed by atoms with Crippen LogP contribution in [0.1, 0.15) is 21.5 Å². The Bertz CT molecular complexity index is 708. The van der Waals surface area contributed by atoms with Crippen molar-refractivity contribution in [3.05, 3.63) is 62.9 Å². The van der Waals surface area contributed by atoms with Crippen LogP contribution in [0, 0.1) is 5.82 Å². The Hall–Kier alpha value is -1.58. The van der Waals surface area contributed by atoms with Crippen molar-refractivity contribution < 1.29 is 13.9 Å². The lowest BCUT2D eigenvalue weighted by Gasteiger charge is -2.09. The van der Waals surface area contributed by atoms with Gasteiger partial charge in [0.1, 0.15) is 11.6 Å². The molecule has 0 aromatic heterocycles. The van der Waals surface area contributed by atoms with Gasteiger partial charge in [-0.1, -0.05) is 29.3 Å². The molecule has 0 saturated carbocycles. The van der Waals surface area contributed by atoms with Crippen LogP contribution in [0.4, 0.5) is 4.39 Å². The Kier molecular flexibility index (Phi) is 3.87. The van der Waals surface area contributed by atoms with Crippen molar-refractivity contribution >= 4 is 29.0 Å². The van der Waals surface area contributed by atoms with Crippen molar-refractivity contribution in [1.29, 1.82) is 0 Å². The third kappa shape index (κ3) is 2.76. The van der Waals surface area contributed by atoms with Gasteiger partial charge >= 0.3 is 0 Å². The van der Waals surface area contributed by atoms with Gasteiger partial charge in [-0.2, -0.15) is 0 Å². The van der Waals surface area contributed by atoms with Crippen molar-refractivity contribution in [3.8, 4) is 5.75 Å². The smallest absolute Gasteiger partial charge is 0.171 e. The second kappa shape index (κ2) is 5.66. The predicted molar refractivity (Wildman–Crippen MR) is 80.1 cm³/mol. The Balaban J connectivity index is 1.96. The zero-order valence-corrected chi connectivity index (χ0v) is 12.5. The van der Waals surface area contributed by atoms with Crippen molar-refractivity contribution in [3.63, 3.8) is 0 Å². The molecule has 1 aliphatic rings. The SMILES string of the molecule is O=C(Cc1cc(Cl)cc2c1OCC2)c1c(F)cccc1Cl. The molecule has 21 heavy (non-hydrogen) atoms. The normalized spacial score (nSPS) is 12.9. The molecule has 0 unspecified atom stereocenters. The fraction of sp³-hybridized carbons (Fsp3) is 0.188. The van der Waals surface area contributed by atoms with Crippen LogP contribution in [0.15, 0.2) is 30.3 Å². The summed E-state index contributed by atoms with van der Waals surface area (Å²) >= 11 is 12.0. The largest absolute Gasteiger partial charge is 0.493 e. The molecule has 108 valence electrons. The summed E-state index contributed by atoms with van der Waals surface area (Å²) in [5.41, 5.74) is 1.55. The monoisotopic (exact) mass is 324 g/mol. The molecule has 3 rings (SSSR count). The second-order valence-electron chi connectivity index (χ2n) is 4.85. The van der Waals surface area contributed by atoms with Crippen LogP contribution in [-0.4, -0.2) is 12.4 Å². The van der Waals surface area contributed by atoms with Crippen LogP contribution >= 0.6 is 23.2 Å². The molecule has 5 heteroatoms. The number of ether oxygens (including phenoxy) is 1. The van der Waals surface area contributed by atoms with E-state index in [1.54, 1.807) is 6.07 Å². The van der Waals surface area contributed by atoms with Crippen molar-refractivity contribution in [2.45, 2.75) is 12.8 Å². The Labute approximate surface area is 131 Å². The van der Waals surface area contributed by atoms with Crippen LogP contribution in [0.3, 0.4) is 0 Å². The highest BCUT2D eigenvalue weighted by molar-refractivity contribution is 6.34. The molecule has 0 saturated heterocycles. The van der Waals surface area contributed by atoms with Gasteiger partial charge in [0.15, 0.2) is 5.78 Å². The molecule has 0 spiro atoms. The number of ketones is 1. The molecule has 0 amide bonds. The van der Waals surface area contributed by atoms with Gasteiger partial charge in [0, 0.05) is 23.4 Å². The summed E-state index contributed by atoms with van der Waals surface area (Å²) < 4.78 is 19.3. The Morgan fingerprint density at radius 1 is 1.29 bits per heavy atom. The first-order valence-electron chi connectivity index (χ1n) is 6.47. The number of rotatable bonds is 3. The molecule has 0 N–H and O–H groups in total. The molecule has 0 bridgehead atoms. The lowest BCUT2D eigenvalue weighted by molar-refractivity contribution is 0.0988. The van der Waals surface area contributed by atoms with Crippen LogP contribution in [-0.2, 0) is 12.8 Å². The number of hydrogen-bond acceptors (Lipinski definition) is 2. The molecular weight excluding hydrogens is 314 g/mol. The quantitative estimate of drug-likeness (QED) is 0.777. The fourth-order valence-corrected chi connectivity index (χ4v) is 3.03. The van der Waals surface area contributed by atoms with Crippen molar-refractivity contribution in [1.82, 2.24) is 0 Å². The molecule has 2 nitrogen and oxygen atoms in total. The van der Waals surface area contributed by atoms with Crippen molar-refractivity contribution in [2.75, 3.05) is 6.61 Å². The predicted octanol–water partition coefficient (Wildman–Crippen LogP) is 4.49. The first-order valence-corrected chi connectivity index (χ1v) is 7.23. The van der Waals surface area contributed by atoms with E-state index < -0.39 is 11.6 Å². The van der Waals surface area contributed by atoms with E-state index in [1.165, 1.54) is 18.2 Å². The number of carbonyl (C=O) groups excluding carboxylic acids is 1. The molecule has 0 fully saturated rings. The highest BCUT2D eigenvalue weighted by Crippen LogP contribution is 2.34. The van der Waals surface area contributed by atoms with Gasteiger partial charge in [0.2, 0.25) is 0 Å². The van der Waals surface area contributed by atoms with Crippen molar-refractivity contribution in [2.24, 2.45) is 0 Å². The number of carbonyl (C=O) groups is 1. The Morgan fingerprint density at radius 2 is 2.10 bits per heavy atom. The molecule has 1 heterocycles. The lowest BCUT2D eigenvalue weighted by atomic mass is 9.99. The van der Waals surface area contributed by atoms with Gasteiger partial charge < -0.3 is 4.74 Å². The fourth-order valence-electron chi connectivity index (χ4n) is 2.50. The van der Waals surface area contributed by atoms with Crippen LogP contribution < -0.4 is 4.74 Å². The van der Waals surface area contributed by atoms with E-state index in [0.29, 0.717) is 22.9 Å². The topological polar surface area (TPSA) is 26.3 Å². The molecule has 0 atom stereocenters. The van der Waals surface area contributed by atoms with E-state index in [-0.39, 0.29) is 17.0 Å². The van der Waals surface area contributed by atoms with Gasteiger partial charge in [-0.15, -0.1) is 0 Å². The zero-order chi connectivity index (χ0) is 15.0. The van der Waals surface area contributed by atoms with E-state index in [4.69, 9.17) is 27.9 Å². The summed E-state index contributed by atoms with van der Waals surface area (Å²) in [6.07, 6.45) is 0.765. The number of halogens is 3. The minimum absolute atomic E-state index is 0.00352. The van der Waals surface area contributed by atoms with Gasteiger partial charge in [-0.3, -0.25) is 4.79 Å². The minimum Gasteiger partial charge on any atom is -0.493 e. The number of hydrogen-bond donors (Lipinski definition) is 0. The number of Topliss-reactive ketones (excluding diaryl/α,β-unsaturated/α-hetero) is 1. The molecule has 0 radical (unpaired) electrons. The van der Waals surface area contributed by atoms with E-state index >= 15 is 0 Å². The summed E-state index contributed by atoms with van der Waals surface area (Å²) in [6.45, 7) is 0.567. The van der Waals surface area contributed by atoms with Crippen LogP contribution in [0.2, 0.25) is 10.0 Å². The molecular formula is C16H11Cl2FO2. The maximum absolute atomic E-state index is 13.8. The summed E-state index contributed by atoms with van der Waals surface area (Å²) in [7, 11) is 0.